The molecule has 0 heterocycles. The molecule has 0 radical (unpaired) electrons. The van der Waals surface area contributed by atoms with Gasteiger partial charge in [0, 0.05) is 5.33 Å². The van der Waals surface area contributed by atoms with E-state index < -0.39 is 5.67 Å². The van der Waals surface area contributed by atoms with Crippen LogP contribution in [-0.2, 0) is 0 Å². The molecule has 0 aliphatic heterocycles. The van der Waals surface area contributed by atoms with Crippen LogP contribution in [0.3, 0.4) is 0 Å². The molecule has 0 aliphatic carbocycles. The Kier molecular flexibility index (Phi) is 6.21. The minimum atomic E-state index is -0.964. The lowest BCUT2D eigenvalue weighted by molar-refractivity contribution is 0.195. The molecule has 0 aromatic heterocycles. The second kappa shape index (κ2) is 5.99. The Hall–Kier alpha value is 0.410. The van der Waals surface area contributed by atoms with Crippen LogP contribution >= 0.6 is 15.9 Å². The zero-order chi connectivity index (χ0) is 8.74. The van der Waals surface area contributed by atoms with Crippen molar-refractivity contribution in [1.82, 2.24) is 0 Å². The second-order valence-electron chi connectivity index (χ2n) is 3.57. The number of rotatable bonds is 6. The fourth-order valence-corrected chi connectivity index (χ4v) is 1.39. The molecule has 68 valence electrons. The third-order valence-corrected chi connectivity index (χ3v) is 2.22. The van der Waals surface area contributed by atoms with Crippen molar-refractivity contribution in [3.63, 3.8) is 0 Å². The van der Waals surface area contributed by atoms with Gasteiger partial charge in [-0.25, -0.2) is 4.39 Å². The van der Waals surface area contributed by atoms with Crippen molar-refractivity contribution in [2.45, 2.75) is 51.6 Å². The van der Waals surface area contributed by atoms with Gasteiger partial charge in [-0.1, -0.05) is 35.2 Å². The Morgan fingerprint density at radius 2 is 1.64 bits per heavy atom. The molecule has 0 spiro atoms. The predicted molar refractivity (Wildman–Crippen MR) is 52.1 cm³/mol. The van der Waals surface area contributed by atoms with Crippen molar-refractivity contribution in [3.8, 4) is 0 Å². The summed E-state index contributed by atoms with van der Waals surface area (Å²) in [5.41, 5.74) is -0.964. The summed E-state index contributed by atoms with van der Waals surface area (Å²) < 4.78 is 12.9. The molecule has 0 nitrogen and oxygen atoms in total. The molecule has 0 atom stereocenters. The molecule has 0 saturated heterocycles. The van der Waals surface area contributed by atoms with Crippen molar-refractivity contribution < 1.29 is 4.39 Å². The molecule has 0 fully saturated rings. The summed E-state index contributed by atoms with van der Waals surface area (Å²) in [5, 5.41) is 1.08. The molecule has 0 aliphatic rings. The van der Waals surface area contributed by atoms with Crippen molar-refractivity contribution in [2.24, 2.45) is 0 Å². The van der Waals surface area contributed by atoms with Gasteiger partial charge >= 0.3 is 0 Å². The summed E-state index contributed by atoms with van der Waals surface area (Å²) in [5.74, 6) is 0. The van der Waals surface area contributed by atoms with Crippen LogP contribution in [-0.4, -0.2) is 11.0 Å². The molecule has 2 heteroatoms. The highest BCUT2D eigenvalue weighted by Crippen LogP contribution is 2.18. The van der Waals surface area contributed by atoms with E-state index >= 15 is 0 Å². The van der Waals surface area contributed by atoms with Gasteiger partial charge in [0.25, 0.3) is 0 Å². The maximum atomic E-state index is 12.9. The van der Waals surface area contributed by atoms with Gasteiger partial charge < -0.3 is 0 Å². The topological polar surface area (TPSA) is 0 Å². The largest absolute Gasteiger partial charge is 0.245 e. The highest BCUT2D eigenvalue weighted by atomic mass is 79.9. The molecule has 0 rings (SSSR count). The van der Waals surface area contributed by atoms with E-state index in [1.807, 2.05) is 0 Å². The first-order valence-corrected chi connectivity index (χ1v) is 5.43. The molecule has 0 amide bonds. The molecule has 0 saturated carbocycles. The lowest BCUT2D eigenvalue weighted by atomic mass is 10.0. The van der Waals surface area contributed by atoms with Crippen LogP contribution in [0.1, 0.15) is 46.0 Å². The standard InChI is InChI=1S/C9H18BrF/c1-9(2,11)7-5-3-4-6-8-10/h3-8H2,1-2H3. The highest BCUT2D eigenvalue weighted by molar-refractivity contribution is 9.09. The Labute approximate surface area is 77.7 Å². The molecule has 11 heavy (non-hydrogen) atoms. The van der Waals surface area contributed by atoms with Gasteiger partial charge in [-0.2, -0.15) is 0 Å². The third kappa shape index (κ3) is 10.4. The van der Waals surface area contributed by atoms with E-state index in [4.69, 9.17) is 0 Å². The van der Waals surface area contributed by atoms with E-state index in [1.54, 1.807) is 13.8 Å². The Morgan fingerprint density at radius 1 is 1.09 bits per heavy atom. The predicted octanol–water partition coefficient (Wildman–Crippen LogP) is 4.08. The average molecular weight is 225 g/mol. The second-order valence-corrected chi connectivity index (χ2v) is 4.36. The molecular weight excluding hydrogens is 207 g/mol. The lowest BCUT2D eigenvalue weighted by Gasteiger charge is -2.12. The van der Waals surface area contributed by atoms with E-state index in [0.717, 1.165) is 11.8 Å². The van der Waals surface area contributed by atoms with E-state index in [-0.39, 0.29) is 0 Å². The summed E-state index contributed by atoms with van der Waals surface area (Å²) in [4.78, 5) is 0. The summed E-state index contributed by atoms with van der Waals surface area (Å²) in [7, 11) is 0. The molecule has 0 unspecified atom stereocenters. The van der Waals surface area contributed by atoms with Gasteiger partial charge in [0.2, 0.25) is 0 Å². The summed E-state index contributed by atoms with van der Waals surface area (Å²) in [6.07, 6.45) is 5.33. The van der Waals surface area contributed by atoms with Crippen LogP contribution < -0.4 is 0 Å². The molecule has 0 bridgehead atoms. The number of halogens is 2. The highest BCUT2D eigenvalue weighted by Gasteiger charge is 2.13. The molecule has 0 N–H and O–H groups in total. The molecule has 0 aromatic carbocycles. The van der Waals surface area contributed by atoms with Gasteiger partial charge in [0.05, 0.1) is 0 Å². The minimum Gasteiger partial charge on any atom is -0.245 e. The van der Waals surface area contributed by atoms with E-state index in [0.29, 0.717) is 6.42 Å². The fraction of sp³-hybridized carbons (Fsp3) is 1.00. The summed E-state index contributed by atoms with van der Waals surface area (Å²) in [6, 6.07) is 0. The average Bonchev–Trinajstić information content (AvgIpc) is 1.85. The summed E-state index contributed by atoms with van der Waals surface area (Å²) in [6.45, 7) is 3.30. The van der Waals surface area contributed by atoms with Crippen LogP contribution in [0.4, 0.5) is 4.39 Å². The van der Waals surface area contributed by atoms with Gasteiger partial charge in [0.1, 0.15) is 5.67 Å². The molecule has 0 aromatic rings. The Bertz CT molecular complexity index is 86.1. The molecular formula is C9H18BrF. The van der Waals surface area contributed by atoms with Crippen LogP contribution in [0, 0.1) is 0 Å². The van der Waals surface area contributed by atoms with E-state index in [2.05, 4.69) is 15.9 Å². The van der Waals surface area contributed by atoms with Gasteiger partial charge in [0.15, 0.2) is 0 Å². The Balaban J connectivity index is 3.02. The number of hydrogen-bond donors (Lipinski definition) is 0. The lowest BCUT2D eigenvalue weighted by Crippen LogP contribution is -2.10. The van der Waals surface area contributed by atoms with Crippen LogP contribution in [0.5, 0.6) is 0 Å². The maximum Gasteiger partial charge on any atom is 0.105 e. The normalized spacial score (nSPS) is 12.0. The van der Waals surface area contributed by atoms with Crippen molar-refractivity contribution in [2.75, 3.05) is 5.33 Å². The van der Waals surface area contributed by atoms with Crippen molar-refractivity contribution >= 4 is 15.9 Å². The SMILES string of the molecule is CC(C)(F)CCCCCCBr. The van der Waals surface area contributed by atoms with Crippen molar-refractivity contribution in [3.05, 3.63) is 0 Å². The van der Waals surface area contributed by atoms with E-state index in [1.165, 1.54) is 19.3 Å². The van der Waals surface area contributed by atoms with Gasteiger partial charge in [-0.15, -0.1) is 0 Å². The fourth-order valence-electron chi connectivity index (χ4n) is 0.993. The first-order valence-electron chi connectivity index (χ1n) is 4.31. The summed E-state index contributed by atoms with van der Waals surface area (Å²) >= 11 is 3.37. The number of hydrogen-bond acceptors (Lipinski definition) is 0. The third-order valence-electron chi connectivity index (χ3n) is 1.65. The van der Waals surface area contributed by atoms with Gasteiger partial charge in [-0.3, -0.25) is 0 Å². The monoisotopic (exact) mass is 224 g/mol. The maximum absolute atomic E-state index is 12.9. The van der Waals surface area contributed by atoms with Crippen LogP contribution in [0.15, 0.2) is 0 Å². The zero-order valence-corrected chi connectivity index (χ0v) is 9.08. The van der Waals surface area contributed by atoms with Crippen LogP contribution in [0.25, 0.3) is 0 Å². The van der Waals surface area contributed by atoms with Crippen LogP contribution in [0.2, 0.25) is 0 Å². The first kappa shape index (κ1) is 11.4. The number of unbranched alkanes of at least 4 members (excludes halogenated alkanes) is 3. The smallest absolute Gasteiger partial charge is 0.105 e. The zero-order valence-electron chi connectivity index (χ0n) is 7.50. The first-order chi connectivity index (χ1) is 5.06. The minimum absolute atomic E-state index is 0.704. The Morgan fingerprint density at radius 3 is 2.09 bits per heavy atom. The van der Waals surface area contributed by atoms with Gasteiger partial charge in [-0.05, 0) is 26.7 Å². The van der Waals surface area contributed by atoms with E-state index in [9.17, 15) is 4.39 Å². The number of alkyl halides is 2. The van der Waals surface area contributed by atoms with Crippen molar-refractivity contribution in [1.29, 1.82) is 0 Å². The quantitative estimate of drug-likeness (QED) is 0.472.